The van der Waals surface area contributed by atoms with Crippen LogP contribution in [0.5, 0.6) is 5.75 Å². The van der Waals surface area contributed by atoms with Crippen molar-refractivity contribution in [2.75, 3.05) is 6.61 Å². The summed E-state index contributed by atoms with van der Waals surface area (Å²) in [6, 6.07) is 7.00. The third-order valence-corrected chi connectivity index (χ3v) is 1.91. The SMILES string of the molecule is CCCOc1ccc(C(=O)OC(C)C)cc1. The van der Waals surface area contributed by atoms with Gasteiger partial charge in [-0.1, -0.05) is 6.92 Å². The standard InChI is InChI=1S/C13H18O3/c1-4-9-15-12-7-5-11(6-8-12)13(14)16-10(2)3/h5-8,10H,4,9H2,1-3H3. The quantitative estimate of drug-likeness (QED) is 0.718. The van der Waals surface area contributed by atoms with E-state index < -0.39 is 0 Å². The van der Waals surface area contributed by atoms with Gasteiger partial charge in [0.1, 0.15) is 5.75 Å². The highest BCUT2D eigenvalue weighted by atomic mass is 16.5. The summed E-state index contributed by atoms with van der Waals surface area (Å²) in [6.45, 7) is 6.40. The first kappa shape index (κ1) is 12.6. The number of hydrogen-bond donors (Lipinski definition) is 0. The molecule has 0 atom stereocenters. The van der Waals surface area contributed by atoms with Crippen molar-refractivity contribution in [1.82, 2.24) is 0 Å². The van der Waals surface area contributed by atoms with Crippen LogP contribution in [-0.2, 0) is 4.74 Å². The maximum Gasteiger partial charge on any atom is 0.338 e. The summed E-state index contributed by atoms with van der Waals surface area (Å²) in [7, 11) is 0. The van der Waals surface area contributed by atoms with Crippen LogP contribution in [0.1, 0.15) is 37.6 Å². The molecule has 1 aromatic carbocycles. The van der Waals surface area contributed by atoms with Gasteiger partial charge in [0.25, 0.3) is 0 Å². The Kier molecular flexibility index (Phi) is 4.83. The highest BCUT2D eigenvalue weighted by Gasteiger charge is 2.08. The van der Waals surface area contributed by atoms with E-state index in [0.29, 0.717) is 12.2 Å². The van der Waals surface area contributed by atoms with Gasteiger partial charge in [0, 0.05) is 0 Å². The Morgan fingerprint density at radius 2 is 1.88 bits per heavy atom. The fourth-order valence-corrected chi connectivity index (χ4v) is 1.19. The van der Waals surface area contributed by atoms with E-state index in [1.54, 1.807) is 24.3 Å². The molecule has 0 saturated carbocycles. The molecule has 0 aromatic heterocycles. The Morgan fingerprint density at radius 3 is 2.38 bits per heavy atom. The van der Waals surface area contributed by atoms with Crippen LogP contribution in [0.4, 0.5) is 0 Å². The van der Waals surface area contributed by atoms with Crippen molar-refractivity contribution >= 4 is 5.97 Å². The molecule has 3 nitrogen and oxygen atoms in total. The summed E-state index contributed by atoms with van der Waals surface area (Å²) in [6.07, 6.45) is 0.875. The smallest absolute Gasteiger partial charge is 0.338 e. The van der Waals surface area contributed by atoms with Gasteiger partial charge in [-0.25, -0.2) is 4.79 Å². The zero-order chi connectivity index (χ0) is 12.0. The second-order valence-corrected chi connectivity index (χ2v) is 3.83. The third-order valence-electron chi connectivity index (χ3n) is 1.91. The van der Waals surface area contributed by atoms with Crippen LogP contribution in [0.15, 0.2) is 24.3 Å². The van der Waals surface area contributed by atoms with Gasteiger partial charge < -0.3 is 9.47 Å². The number of hydrogen-bond acceptors (Lipinski definition) is 3. The van der Waals surface area contributed by atoms with Crippen molar-refractivity contribution in [3.8, 4) is 5.75 Å². The summed E-state index contributed by atoms with van der Waals surface area (Å²) < 4.78 is 10.5. The van der Waals surface area contributed by atoms with Crippen LogP contribution < -0.4 is 4.74 Å². The van der Waals surface area contributed by atoms with Crippen molar-refractivity contribution < 1.29 is 14.3 Å². The Balaban J connectivity index is 2.60. The molecule has 0 aliphatic rings. The van der Waals surface area contributed by atoms with Crippen molar-refractivity contribution in [2.24, 2.45) is 0 Å². The minimum Gasteiger partial charge on any atom is -0.494 e. The second kappa shape index (κ2) is 6.16. The molecule has 0 aliphatic heterocycles. The predicted molar refractivity (Wildman–Crippen MR) is 62.8 cm³/mol. The summed E-state index contributed by atoms with van der Waals surface area (Å²) >= 11 is 0. The van der Waals surface area contributed by atoms with E-state index in [1.165, 1.54) is 0 Å². The van der Waals surface area contributed by atoms with Crippen LogP contribution in [0.3, 0.4) is 0 Å². The molecule has 0 radical (unpaired) electrons. The van der Waals surface area contributed by atoms with Crippen molar-refractivity contribution in [3.05, 3.63) is 29.8 Å². The lowest BCUT2D eigenvalue weighted by Crippen LogP contribution is -2.11. The Hall–Kier alpha value is -1.51. The molecule has 88 valence electrons. The minimum absolute atomic E-state index is 0.0940. The fraction of sp³-hybridized carbons (Fsp3) is 0.462. The van der Waals surface area contributed by atoms with Gasteiger partial charge in [0.05, 0.1) is 18.3 Å². The first-order valence-electron chi connectivity index (χ1n) is 5.57. The fourth-order valence-electron chi connectivity index (χ4n) is 1.19. The molecule has 0 spiro atoms. The summed E-state index contributed by atoms with van der Waals surface area (Å²) in [5.74, 6) is 0.486. The van der Waals surface area contributed by atoms with Crippen molar-refractivity contribution in [2.45, 2.75) is 33.3 Å². The molecule has 0 saturated heterocycles. The zero-order valence-corrected chi connectivity index (χ0v) is 10.0. The summed E-state index contributed by atoms with van der Waals surface area (Å²) in [5, 5.41) is 0. The lowest BCUT2D eigenvalue weighted by molar-refractivity contribution is 0.0378. The number of benzene rings is 1. The van der Waals surface area contributed by atoms with Gasteiger partial charge in [0.2, 0.25) is 0 Å². The Morgan fingerprint density at radius 1 is 1.25 bits per heavy atom. The van der Waals surface area contributed by atoms with E-state index in [1.807, 2.05) is 20.8 Å². The molecule has 0 heterocycles. The van der Waals surface area contributed by atoms with Crippen LogP contribution in [0.2, 0.25) is 0 Å². The number of carbonyl (C=O) groups excluding carboxylic acids is 1. The van der Waals surface area contributed by atoms with Crippen LogP contribution >= 0.6 is 0 Å². The normalized spacial score (nSPS) is 10.2. The van der Waals surface area contributed by atoms with Crippen LogP contribution in [0, 0.1) is 0 Å². The molecule has 0 bridgehead atoms. The van der Waals surface area contributed by atoms with Crippen molar-refractivity contribution in [1.29, 1.82) is 0 Å². The number of carbonyl (C=O) groups is 1. The molecule has 0 fully saturated rings. The highest BCUT2D eigenvalue weighted by Crippen LogP contribution is 2.13. The average molecular weight is 222 g/mol. The molecular formula is C13H18O3. The average Bonchev–Trinajstić information content (AvgIpc) is 2.26. The molecule has 0 unspecified atom stereocenters. The van der Waals surface area contributed by atoms with E-state index >= 15 is 0 Å². The van der Waals surface area contributed by atoms with Gasteiger partial charge in [-0.2, -0.15) is 0 Å². The second-order valence-electron chi connectivity index (χ2n) is 3.83. The first-order chi connectivity index (χ1) is 7.63. The van der Waals surface area contributed by atoms with Crippen molar-refractivity contribution in [3.63, 3.8) is 0 Å². The summed E-state index contributed by atoms with van der Waals surface area (Å²) in [5.41, 5.74) is 0.553. The van der Waals surface area contributed by atoms with Crippen LogP contribution in [0.25, 0.3) is 0 Å². The van der Waals surface area contributed by atoms with Gasteiger partial charge >= 0.3 is 5.97 Å². The molecule has 0 aliphatic carbocycles. The molecule has 0 amide bonds. The lowest BCUT2D eigenvalue weighted by atomic mass is 10.2. The largest absolute Gasteiger partial charge is 0.494 e. The van der Waals surface area contributed by atoms with E-state index in [0.717, 1.165) is 12.2 Å². The minimum atomic E-state index is -0.294. The van der Waals surface area contributed by atoms with E-state index in [9.17, 15) is 4.79 Å². The molecule has 0 N–H and O–H groups in total. The van der Waals surface area contributed by atoms with Gasteiger partial charge in [-0.15, -0.1) is 0 Å². The van der Waals surface area contributed by atoms with E-state index in [4.69, 9.17) is 9.47 Å². The Labute approximate surface area is 96.4 Å². The highest BCUT2D eigenvalue weighted by molar-refractivity contribution is 5.89. The molecule has 1 aromatic rings. The monoisotopic (exact) mass is 222 g/mol. The summed E-state index contributed by atoms with van der Waals surface area (Å²) in [4.78, 5) is 11.5. The third kappa shape index (κ3) is 3.93. The predicted octanol–water partition coefficient (Wildman–Crippen LogP) is 3.04. The van der Waals surface area contributed by atoms with Gasteiger partial charge in [0.15, 0.2) is 0 Å². The first-order valence-corrected chi connectivity index (χ1v) is 5.57. The topological polar surface area (TPSA) is 35.5 Å². The van der Waals surface area contributed by atoms with Gasteiger partial charge in [-0.05, 0) is 44.5 Å². The Bertz CT molecular complexity index is 328. The number of esters is 1. The van der Waals surface area contributed by atoms with Crippen LogP contribution in [-0.4, -0.2) is 18.7 Å². The zero-order valence-electron chi connectivity index (χ0n) is 10.0. The maximum absolute atomic E-state index is 11.5. The molecule has 3 heteroatoms. The number of rotatable bonds is 5. The molecular weight excluding hydrogens is 204 g/mol. The van der Waals surface area contributed by atoms with E-state index in [-0.39, 0.29) is 12.1 Å². The van der Waals surface area contributed by atoms with Gasteiger partial charge in [-0.3, -0.25) is 0 Å². The maximum atomic E-state index is 11.5. The lowest BCUT2D eigenvalue weighted by Gasteiger charge is -2.08. The molecule has 1 rings (SSSR count). The molecule has 16 heavy (non-hydrogen) atoms. The van der Waals surface area contributed by atoms with E-state index in [2.05, 4.69) is 0 Å². The number of ether oxygens (including phenoxy) is 2.